The van der Waals surface area contributed by atoms with Gasteiger partial charge in [0.25, 0.3) is 0 Å². The van der Waals surface area contributed by atoms with Crippen LogP contribution in [0.3, 0.4) is 0 Å². The number of aromatic nitrogens is 3. The van der Waals surface area contributed by atoms with Gasteiger partial charge in [0.2, 0.25) is 0 Å². The van der Waals surface area contributed by atoms with Crippen LogP contribution < -0.4 is 10.6 Å². The molecular formula is C23H31N5O. The van der Waals surface area contributed by atoms with E-state index in [1.54, 1.807) is 12.4 Å². The molecule has 3 heterocycles. The maximum absolute atomic E-state index is 5.84. The summed E-state index contributed by atoms with van der Waals surface area (Å²) in [4.78, 5) is 14.0. The molecule has 1 fully saturated rings. The molecule has 0 radical (unpaired) electrons. The molecule has 2 N–H and O–H groups in total. The molecule has 0 aromatic carbocycles. The summed E-state index contributed by atoms with van der Waals surface area (Å²) in [6, 6.07) is 2.07. The zero-order chi connectivity index (χ0) is 20.1. The van der Waals surface area contributed by atoms with Crippen molar-refractivity contribution in [1.82, 2.24) is 20.3 Å². The lowest BCUT2D eigenvalue weighted by Gasteiger charge is -2.24. The molecule has 6 heteroatoms. The standard InChI is InChI=1S/C23H31N5O/c1-16(2)15-29-19-7-5-18(6-8-19)20-12-21-22(26-11-10-25-21)23(28-20)27-14-17-4-3-9-24-13-17/h5,7-8,10-12,16-18,24H,3-4,6,9,13-15H2,1-2H3,(H,27,28)/t17-,18?/m1/s1. The minimum atomic E-state index is 0.227. The zero-order valence-electron chi connectivity index (χ0n) is 17.4. The van der Waals surface area contributed by atoms with Crippen LogP contribution in [0.25, 0.3) is 11.0 Å². The molecule has 0 saturated carbocycles. The molecule has 0 spiro atoms. The molecule has 1 unspecified atom stereocenters. The van der Waals surface area contributed by atoms with Gasteiger partial charge in [-0.15, -0.1) is 0 Å². The van der Waals surface area contributed by atoms with Crippen molar-refractivity contribution in [3.8, 4) is 0 Å². The van der Waals surface area contributed by atoms with E-state index in [0.29, 0.717) is 11.8 Å². The SMILES string of the molecule is CC(C)COC1=CCC(c2cc3nccnc3c(NC[C@@H]3CCCNC3)n2)C=C1. The van der Waals surface area contributed by atoms with E-state index >= 15 is 0 Å². The topological polar surface area (TPSA) is 72.0 Å². The first kappa shape index (κ1) is 19.8. The van der Waals surface area contributed by atoms with Crippen LogP contribution in [0.1, 0.15) is 44.7 Å². The number of fused-ring (bicyclic) bond motifs is 1. The van der Waals surface area contributed by atoms with E-state index in [-0.39, 0.29) is 5.92 Å². The van der Waals surface area contributed by atoms with Crippen molar-refractivity contribution in [2.24, 2.45) is 11.8 Å². The van der Waals surface area contributed by atoms with Crippen LogP contribution in [0, 0.1) is 11.8 Å². The summed E-state index contributed by atoms with van der Waals surface area (Å²) in [7, 11) is 0. The molecule has 1 saturated heterocycles. The quantitative estimate of drug-likeness (QED) is 0.740. The van der Waals surface area contributed by atoms with Crippen molar-refractivity contribution < 1.29 is 4.74 Å². The first-order valence-corrected chi connectivity index (χ1v) is 10.8. The average Bonchev–Trinajstić information content (AvgIpc) is 2.77. The second-order valence-corrected chi connectivity index (χ2v) is 8.43. The number of pyridine rings is 1. The van der Waals surface area contributed by atoms with Gasteiger partial charge >= 0.3 is 0 Å². The van der Waals surface area contributed by atoms with Crippen LogP contribution in [-0.2, 0) is 4.74 Å². The van der Waals surface area contributed by atoms with Gasteiger partial charge in [0.05, 0.1) is 17.8 Å². The lowest BCUT2D eigenvalue weighted by Crippen LogP contribution is -2.33. The molecule has 154 valence electrons. The Morgan fingerprint density at radius 3 is 2.93 bits per heavy atom. The lowest BCUT2D eigenvalue weighted by molar-refractivity contribution is 0.188. The molecule has 2 aromatic rings. The molecule has 6 nitrogen and oxygen atoms in total. The number of nitrogens with zero attached hydrogens (tertiary/aromatic N) is 3. The molecule has 0 bridgehead atoms. The normalized spacial score (nSPS) is 22.0. The summed E-state index contributed by atoms with van der Waals surface area (Å²) >= 11 is 0. The minimum absolute atomic E-state index is 0.227. The fourth-order valence-corrected chi connectivity index (χ4v) is 3.83. The van der Waals surface area contributed by atoms with Gasteiger partial charge in [-0.05, 0) is 62.4 Å². The van der Waals surface area contributed by atoms with Crippen molar-refractivity contribution in [2.45, 2.75) is 39.0 Å². The molecule has 2 aromatic heterocycles. The van der Waals surface area contributed by atoms with E-state index < -0.39 is 0 Å². The molecule has 0 amide bonds. The van der Waals surface area contributed by atoms with Gasteiger partial charge < -0.3 is 15.4 Å². The third-order valence-electron chi connectivity index (χ3n) is 5.46. The molecule has 2 atom stereocenters. The van der Waals surface area contributed by atoms with Crippen molar-refractivity contribution in [3.63, 3.8) is 0 Å². The van der Waals surface area contributed by atoms with Crippen molar-refractivity contribution in [3.05, 3.63) is 48.1 Å². The highest BCUT2D eigenvalue weighted by molar-refractivity contribution is 5.85. The molecular weight excluding hydrogens is 362 g/mol. The number of ether oxygens (including phenoxy) is 1. The van der Waals surface area contributed by atoms with E-state index in [1.807, 2.05) is 0 Å². The third kappa shape index (κ3) is 5.12. The zero-order valence-corrected chi connectivity index (χ0v) is 17.4. The predicted molar refractivity (Wildman–Crippen MR) is 117 cm³/mol. The Morgan fingerprint density at radius 2 is 2.17 bits per heavy atom. The van der Waals surface area contributed by atoms with Crippen LogP contribution in [0.4, 0.5) is 5.82 Å². The Morgan fingerprint density at radius 1 is 1.28 bits per heavy atom. The number of anilines is 1. The molecule has 1 aliphatic heterocycles. The summed E-state index contributed by atoms with van der Waals surface area (Å²) in [5.74, 6) is 3.17. The highest BCUT2D eigenvalue weighted by atomic mass is 16.5. The second-order valence-electron chi connectivity index (χ2n) is 8.43. The fourth-order valence-electron chi connectivity index (χ4n) is 3.83. The van der Waals surface area contributed by atoms with Crippen LogP contribution in [0.5, 0.6) is 0 Å². The van der Waals surface area contributed by atoms with Crippen LogP contribution >= 0.6 is 0 Å². The van der Waals surface area contributed by atoms with Crippen LogP contribution in [-0.4, -0.2) is 41.2 Å². The molecule has 4 rings (SSSR count). The Labute approximate surface area is 172 Å². The van der Waals surface area contributed by atoms with Gasteiger partial charge in [-0.25, -0.2) is 9.97 Å². The largest absolute Gasteiger partial charge is 0.494 e. The number of hydrogen-bond acceptors (Lipinski definition) is 6. The van der Waals surface area contributed by atoms with Gasteiger partial charge in [0.1, 0.15) is 11.3 Å². The van der Waals surface area contributed by atoms with Gasteiger partial charge in [-0.1, -0.05) is 19.9 Å². The summed E-state index contributed by atoms with van der Waals surface area (Å²) in [5.41, 5.74) is 2.76. The highest BCUT2D eigenvalue weighted by Gasteiger charge is 2.18. The Hall–Kier alpha value is -2.47. The summed E-state index contributed by atoms with van der Waals surface area (Å²) in [6.07, 6.45) is 13.3. The van der Waals surface area contributed by atoms with E-state index in [9.17, 15) is 0 Å². The summed E-state index contributed by atoms with van der Waals surface area (Å²) in [6.45, 7) is 8.16. The Balaban J connectivity index is 1.50. The van der Waals surface area contributed by atoms with Gasteiger partial charge in [0, 0.05) is 24.9 Å². The predicted octanol–water partition coefficient (Wildman–Crippen LogP) is 4.04. The smallest absolute Gasteiger partial charge is 0.154 e. The minimum Gasteiger partial charge on any atom is -0.494 e. The molecule has 1 aliphatic carbocycles. The van der Waals surface area contributed by atoms with Crippen molar-refractivity contribution >= 4 is 16.9 Å². The number of nitrogens with one attached hydrogen (secondary N) is 2. The number of allylic oxidation sites excluding steroid dienone is 3. The van der Waals surface area contributed by atoms with E-state index in [1.165, 1.54) is 12.8 Å². The lowest BCUT2D eigenvalue weighted by atomic mass is 9.95. The van der Waals surface area contributed by atoms with E-state index in [0.717, 1.165) is 61.0 Å². The van der Waals surface area contributed by atoms with E-state index in [4.69, 9.17) is 9.72 Å². The first-order valence-electron chi connectivity index (χ1n) is 10.8. The van der Waals surface area contributed by atoms with Gasteiger partial charge in [-0.2, -0.15) is 0 Å². The number of piperidine rings is 1. The number of rotatable bonds is 7. The third-order valence-corrected chi connectivity index (χ3v) is 5.46. The summed E-state index contributed by atoms with van der Waals surface area (Å²) < 4.78 is 5.84. The van der Waals surface area contributed by atoms with Crippen LogP contribution in [0.15, 0.2) is 42.4 Å². The fraction of sp³-hybridized carbons (Fsp3) is 0.522. The summed E-state index contributed by atoms with van der Waals surface area (Å²) in [5, 5.41) is 7.04. The van der Waals surface area contributed by atoms with Crippen molar-refractivity contribution in [2.75, 3.05) is 31.6 Å². The second kappa shape index (κ2) is 9.35. The monoisotopic (exact) mass is 393 g/mol. The van der Waals surface area contributed by atoms with Crippen molar-refractivity contribution in [1.29, 1.82) is 0 Å². The Kier molecular flexibility index (Phi) is 6.39. The maximum Gasteiger partial charge on any atom is 0.154 e. The molecule has 2 aliphatic rings. The Bertz CT molecular complexity index is 886. The first-order chi connectivity index (χ1) is 14.2. The van der Waals surface area contributed by atoms with E-state index in [2.05, 4.69) is 58.7 Å². The average molecular weight is 394 g/mol. The maximum atomic E-state index is 5.84. The van der Waals surface area contributed by atoms with Gasteiger partial charge in [0.15, 0.2) is 5.82 Å². The molecule has 29 heavy (non-hydrogen) atoms. The number of hydrogen-bond donors (Lipinski definition) is 2. The van der Waals surface area contributed by atoms with Gasteiger partial charge in [-0.3, -0.25) is 4.98 Å². The van der Waals surface area contributed by atoms with Crippen LogP contribution in [0.2, 0.25) is 0 Å². The highest BCUT2D eigenvalue weighted by Crippen LogP contribution is 2.30.